The van der Waals surface area contributed by atoms with Crippen molar-refractivity contribution in [2.24, 2.45) is 0 Å². The molecule has 0 spiro atoms. The number of nitrogens with zero attached hydrogens (tertiary/aromatic N) is 5. The van der Waals surface area contributed by atoms with E-state index >= 15 is 0 Å². The van der Waals surface area contributed by atoms with Crippen LogP contribution in [-0.2, 0) is 11.3 Å². The first kappa shape index (κ1) is 20.8. The van der Waals surface area contributed by atoms with Crippen LogP contribution in [0.1, 0.15) is 31.4 Å². The molecule has 3 aromatic rings. The smallest absolute Gasteiger partial charge is 0.149 e. The molecular formula is C23H28N6O3. The number of morpholine rings is 1. The van der Waals surface area contributed by atoms with Gasteiger partial charge >= 0.3 is 0 Å². The fourth-order valence-electron chi connectivity index (χ4n) is 4.35. The molecule has 2 aliphatic rings. The minimum atomic E-state index is -0.0957. The molecule has 1 aliphatic carbocycles. The Kier molecular flexibility index (Phi) is 6.27. The molecule has 2 aromatic heterocycles. The molecule has 1 saturated carbocycles. The molecule has 2 fully saturated rings. The molecule has 32 heavy (non-hydrogen) atoms. The summed E-state index contributed by atoms with van der Waals surface area (Å²) in [6.45, 7) is 3.10. The van der Waals surface area contributed by atoms with E-state index in [1.807, 2.05) is 0 Å². The molecule has 3 heterocycles. The highest BCUT2D eigenvalue weighted by Crippen LogP contribution is 2.33. The van der Waals surface area contributed by atoms with E-state index in [-0.39, 0.29) is 12.7 Å². The highest BCUT2D eigenvalue weighted by Gasteiger charge is 2.24. The Morgan fingerprint density at radius 1 is 1.00 bits per heavy atom. The molecule has 1 aliphatic heterocycles. The zero-order valence-corrected chi connectivity index (χ0v) is 18.0. The Balaban J connectivity index is 1.25. The lowest BCUT2D eigenvalue weighted by atomic mass is 9.93. The molecule has 9 heteroatoms. The van der Waals surface area contributed by atoms with Crippen LogP contribution < -0.4 is 15.0 Å². The van der Waals surface area contributed by atoms with Crippen LogP contribution in [0.4, 0.5) is 11.5 Å². The average Bonchev–Trinajstić information content (AvgIpc) is 2.86. The zero-order valence-electron chi connectivity index (χ0n) is 18.0. The number of nitrogens with one attached hydrogen (secondary N) is 1. The Bertz CT molecular complexity index is 1030. The van der Waals surface area contributed by atoms with Crippen LogP contribution in [0.2, 0.25) is 0 Å². The predicted molar refractivity (Wildman–Crippen MR) is 121 cm³/mol. The predicted octanol–water partition coefficient (Wildman–Crippen LogP) is 2.55. The highest BCUT2D eigenvalue weighted by atomic mass is 16.5. The number of aromatic nitrogens is 4. The van der Waals surface area contributed by atoms with E-state index in [9.17, 15) is 0 Å². The number of hydrogen-bond donors (Lipinski definition) is 2. The summed E-state index contributed by atoms with van der Waals surface area (Å²) in [4.78, 5) is 19.9. The summed E-state index contributed by atoms with van der Waals surface area (Å²) in [5.74, 6) is 1.55. The van der Waals surface area contributed by atoms with Crippen molar-refractivity contribution in [3.63, 3.8) is 0 Å². The minimum absolute atomic E-state index is 0.0957. The van der Waals surface area contributed by atoms with Gasteiger partial charge in [0.15, 0.2) is 0 Å². The van der Waals surface area contributed by atoms with Crippen molar-refractivity contribution in [2.45, 2.75) is 44.4 Å². The van der Waals surface area contributed by atoms with Gasteiger partial charge in [0.25, 0.3) is 0 Å². The van der Waals surface area contributed by atoms with Gasteiger partial charge in [0, 0.05) is 43.3 Å². The number of benzene rings is 1. The molecule has 9 nitrogen and oxygen atoms in total. The molecule has 0 bridgehead atoms. The van der Waals surface area contributed by atoms with E-state index in [1.165, 1.54) is 0 Å². The highest BCUT2D eigenvalue weighted by molar-refractivity contribution is 5.85. The van der Waals surface area contributed by atoms with Crippen LogP contribution in [0.15, 0.2) is 36.9 Å². The van der Waals surface area contributed by atoms with Crippen LogP contribution in [0.5, 0.6) is 5.75 Å². The van der Waals surface area contributed by atoms with Gasteiger partial charge in [-0.3, -0.25) is 9.97 Å². The Morgan fingerprint density at radius 2 is 1.81 bits per heavy atom. The van der Waals surface area contributed by atoms with Crippen LogP contribution in [0.25, 0.3) is 11.0 Å². The van der Waals surface area contributed by atoms with Gasteiger partial charge in [-0.15, -0.1) is 0 Å². The maximum atomic E-state index is 9.10. The van der Waals surface area contributed by atoms with Crippen molar-refractivity contribution in [2.75, 3.05) is 36.5 Å². The fraction of sp³-hybridized carbons (Fsp3) is 0.478. The summed E-state index contributed by atoms with van der Waals surface area (Å²) in [5.41, 5.74) is 3.34. The van der Waals surface area contributed by atoms with Crippen molar-refractivity contribution < 1.29 is 14.6 Å². The molecule has 0 unspecified atom stereocenters. The van der Waals surface area contributed by atoms with Crippen molar-refractivity contribution >= 4 is 22.5 Å². The van der Waals surface area contributed by atoms with Gasteiger partial charge < -0.3 is 24.8 Å². The van der Waals surface area contributed by atoms with E-state index in [0.717, 1.165) is 80.3 Å². The SMILES string of the molecule is OCc1cnc(N[C@H]2CC[C@@H](Oc3cc(N4CCOCC4)cc4nccnc34)CC2)cn1. The summed E-state index contributed by atoms with van der Waals surface area (Å²) in [6.07, 6.45) is 10.7. The third-order valence-electron chi connectivity index (χ3n) is 6.09. The quantitative estimate of drug-likeness (QED) is 0.603. The first-order valence-electron chi connectivity index (χ1n) is 11.2. The number of aliphatic hydroxyl groups excluding tert-OH is 1. The number of rotatable bonds is 6. The molecule has 0 atom stereocenters. The Morgan fingerprint density at radius 3 is 2.56 bits per heavy atom. The van der Waals surface area contributed by atoms with Crippen molar-refractivity contribution in [3.8, 4) is 5.75 Å². The van der Waals surface area contributed by atoms with Crippen molar-refractivity contribution in [1.29, 1.82) is 0 Å². The number of anilines is 2. The van der Waals surface area contributed by atoms with Crippen LogP contribution in [-0.4, -0.2) is 63.5 Å². The van der Waals surface area contributed by atoms with Gasteiger partial charge in [-0.05, 0) is 31.7 Å². The summed E-state index contributed by atoms with van der Waals surface area (Å²) in [6, 6.07) is 4.52. The number of hydrogen-bond acceptors (Lipinski definition) is 9. The third kappa shape index (κ3) is 4.73. The lowest BCUT2D eigenvalue weighted by Crippen LogP contribution is -2.36. The number of fused-ring (bicyclic) bond motifs is 1. The second-order valence-corrected chi connectivity index (χ2v) is 8.25. The molecule has 168 valence electrons. The van der Waals surface area contributed by atoms with E-state index in [4.69, 9.17) is 14.6 Å². The van der Waals surface area contributed by atoms with Crippen LogP contribution >= 0.6 is 0 Å². The van der Waals surface area contributed by atoms with E-state index in [0.29, 0.717) is 11.7 Å². The molecule has 0 radical (unpaired) electrons. The fourth-order valence-corrected chi connectivity index (χ4v) is 4.35. The summed E-state index contributed by atoms with van der Waals surface area (Å²) in [7, 11) is 0. The van der Waals surface area contributed by atoms with Gasteiger partial charge in [0.2, 0.25) is 0 Å². The number of ether oxygens (including phenoxy) is 2. The summed E-state index contributed by atoms with van der Waals surface area (Å²) < 4.78 is 12.0. The van der Waals surface area contributed by atoms with E-state index in [1.54, 1.807) is 24.8 Å². The molecule has 2 N–H and O–H groups in total. The first-order valence-corrected chi connectivity index (χ1v) is 11.2. The molecule has 5 rings (SSSR count). The van der Waals surface area contributed by atoms with Gasteiger partial charge in [0.05, 0.1) is 49.5 Å². The normalized spacial score (nSPS) is 21.5. The monoisotopic (exact) mass is 436 g/mol. The van der Waals surface area contributed by atoms with Crippen molar-refractivity contribution in [1.82, 2.24) is 19.9 Å². The maximum absolute atomic E-state index is 9.10. The minimum Gasteiger partial charge on any atom is -0.488 e. The van der Waals surface area contributed by atoms with E-state index < -0.39 is 0 Å². The zero-order chi connectivity index (χ0) is 21.8. The van der Waals surface area contributed by atoms with E-state index in [2.05, 4.69) is 42.3 Å². The van der Waals surface area contributed by atoms with Crippen LogP contribution in [0.3, 0.4) is 0 Å². The number of aliphatic hydroxyl groups is 1. The lowest BCUT2D eigenvalue weighted by molar-refractivity contribution is 0.122. The Hall–Kier alpha value is -3.04. The van der Waals surface area contributed by atoms with Crippen molar-refractivity contribution in [3.05, 3.63) is 42.6 Å². The molecule has 0 amide bonds. The molecule has 1 aromatic carbocycles. The topological polar surface area (TPSA) is 106 Å². The van der Waals surface area contributed by atoms with Gasteiger partial charge in [0.1, 0.15) is 17.1 Å². The largest absolute Gasteiger partial charge is 0.488 e. The maximum Gasteiger partial charge on any atom is 0.149 e. The summed E-state index contributed by atoms with van der Waals surface area (Å²) >= 11 is 0. The lowest BCUT2D eigenvalue weighted by Gasteiger charge is -2.31. The molecular weight excluding hydrogens is 408 g/mol. The van der Waals surface area contributed by atoms with Gasteiger partial charge in [-0.1, -0.05) is 0 Å². The standard InChI is InChI=1S/C23H28N6O3/c30-15-17-13-27-22(14-26-17)28-16-1-3-19(4-2-16)32-21-12-18(29-7-9-31-10-8-29)11-20-23(21)25-6-5-24-20/h5-6,11-14,16,19,30H,1-4,7-10,15H2,(H,27,28)/t16-,19+. The van der Waals surface area contributed by atoms with Crippen LogP contribution in [0, 0.1) is 0 Å². The average molecular weight is 437 g/mol. The Labute approximate surface area is 186 Å². The van der Waals surface area contributed by atoms with Gasteiger partial charge in [-0.2, -0.15) is 0 Å². The second-order valence-electron chi connectivity index (χ2n) is 8.25. The first-order chi connectivity index (χ1) is 15.8. The second kappa shape index (κ2) is 9.62. The van der Waals surface area contributed by atoms with Gasteiger partial charge in [-0.25, -0.2) is 9.97 Å². The molecule has 1 saturated heterocycles. The third-order valence-corrected chi connectivity index (χ3v) is 6.09. The summed E-state index contributed by atoms with van der Waals surface area (Å²) in [5, 5.41) is 12.6.